The zero-order valence-electron chi connectivity index (χ0n) is 13.5. The Kier molecular flexibility index (Phi) is 4.47. The molecule has 22 heavy (non-hydrogen) atoms. The van der Waals surface area contributed by atoms with Gasteiger partial charge >= 0.3 is 0 Å². The predicted molar refractivity (Wildman–Crippen MR) is 91.8 cm³/mol. The minimum atomic E-state index is 0.155. The Morgan fingerprint density at radius 1 is 1.09 bits per heavy atom. The van der Waals surface area contributed by atoms with Gasteiger partial charge in [0.25, 0.3) is 0 Å². The zero-order chi connectivity index (χ0) is 15.5. The van der Waals surface area contributed by atoms with Crippen LogP contribution in [0.3, 0.4) is 0 Å². The van der Waals surface area contributed by atoms with Gasteiger partial charge in [0.1, 0.15) is 0 Å². The van der Waals surface area contributed by atoms with Crippen LogP contribution in [0.4, 0.5) is 0 Å². The van der Waals surface area contributed by atoms with Gasteiger partial charge in [-0.05, 0) is 34.6 Å². The monoisotopic (exact) mass is 295 g/mol. The molecule has 1 N–H and O–H groups in total. The first kappa shape index (κ1) is 15.1. The molecule has 1 amide bonds. The van der Waals surface area contributed by atoms with E-state index in [0.717, 1.165) is 12.0 Å². The summed E-state index contributed by atoms with van der Waals surface area (Å²) in [7, 11) is 0. The molecule has 0 bridgehead atoms. The Hall–Kier alpha value is -1.83. The second-order valence-electron chi connectivity index (χ2n) is 6.76. The molecule has 2 heteroatoms. The fraction of sp³-hybridized carbons (Fsp3) is 0.450. The van der Waals surface area contributed by atoms with Gasteiger partial charge < -0.3 is 5.32 Å². The van der Waals surface area contributed by atoms with Gasteiger partial charge in [0, 0.05) is 6.04 Å². The van der Waals surface area contributed by atoms with Crippen molar-refractivity contribution in [2.24, 2.45) is 11.8 Å². The summed E-state index contributed by atoms with van der Waals surface area (Å²) in [4.78, 5) is 12.5. The van der Waals surface area contributed by atoms with E-state index in [4.69, 9.17) is 0 Å². The Labute approximate surface area is 132 Å². The van der Waals surface area contributed by atoms with Crippen LogP contribution in [0.5, 0.6) is 0 Å². The van der Waals surface area contributed by atoms with E-state index in [1.807, 2.05) is 18.2 Å². The van der Waals surface area contributed by atoms with Crippen LogP contribution in [-0.4, -0.2) is 11.9 Å². The number of hydrogen-bond donors (Lipinski definition) is 1. The number of amides is 1. The van der Waals surface area contributed by atoms with Gasteiger partial charge in [-0.15, -0.1) is 0 Å². The lowest BCUT2D eigenvalue weighted by Gasteiger charge is -2.34. The minimum absolute atomic E-state index is 0.155. The van der Waals surface area contributed by atoms with Crippen molar-refractivity contribution >= 4 is 16.7 Å². The van der Waals surface area contributed by atoms with Crippen LogP contribution >= 0.6 is 0 Å². The molecule has 0 aromatic heterocycles. The number of rotatable bonds is 3. The molecule has 0 aliphatic heterocycles. The highest BCUT2D eigenvalue weighted by molar-refractivity contribution is 5.90. The molecule has 0 unspecified atom stereocenters. The molecule has 0 radical (unpaired) electrons. The van der Waals surface area contributed by atoms with E-state index in [0.29, 0.717) is 24.3 Å². The molecule has 1 aliphatic carbocycles. The maximum atomic E-state index is 12.5. The lowest BCUT2D eigenvalue weighted by Crippen LogP contribution is -2.44. The van der Waals surface area contributed by atoms with E-state index < -0.39 is 0 Å². The van der Waals surface area contributed by atoms with Crippen molar-refractivity contribution in [2.45, 2.75) is 45.6 Å². The highest BCUT2D eigenvalue weighted by Gasteiger charge is 2.28. The van der Waals surface area contributed by atoms with E-state index >= 15 is 0 Å². The molecule has 2 nitrogen and oxygen atoms in total. The summed E-state index contributed by atoms with van der Waals surface area (Å²) in [6.45, 7) is 4.57. The van der Waals surface area contributed by atoms with Gasteiger partial charge in [-0.25, -0.2) is 0 Å². The third-order valence-electron chi connectivity index (χ3n) is 5.28. The molecule has 0 saturated heterocycles. The number of hydrogen-bond acceptors (Lipinski definition) is 1. The van der Waals surface area contributed by atoms with Crippen molar-refractivity contribution in [3.05, 3.63) is 48.0 Å². The van der Waals surface area contributed by atoms with Gasteiger partial charge in [0.05, 0.1) is 6.42 Å². The van der Waals surface area contributed by atoms with Crippen molar-refractivity contribution in [3.63, 3.8) is 0 Å². The fourth-order valence-corrected chi connectivity index (χ4v) is 3.66. The van der Waals surface area contributed by atoms with E-state index in [1.165, 1.54) is 23.6 Å². The Morgan fingerprint density at radius 3 is 2.73 bits per heavy atom. The topological polar surface area (TPSA) is 29.1 Å². The number of fused-ring (bicyclic) bond motifs is 1. The van der Waals surface area contributed by atoms with Crippen molar-refractivity contribution in [3.8, 4) is 0 Å². The maximum absolute atomic E-state index is 12.5. The Balaban J connectivity index is 1.71. The van der Waals surface area contributed by atoms with Crippen LogP contribution < -0.4 is 5.32 Å². The Morgan fingerprint density at radius 2 is 1.86 bits per heavy atom. The number of nitrogens with one attached hydrogen (secondary N) is 1. The van der Waals surface area contributed by atoms with Crippen molar-refractivity contribution in [1.82, 2.24) is 5.32 Å². The molecule has 2 aromatic carbocycles. The van der Waals surface area contributed by atoms with E-state index in [2.05, 4.69) is 43.4 Å². The molecule has 2 aromatic rings. The standard InChI is InChI=1S/C20H25NO/c1-14-7-5-12-19(15(14)2)21-20(22)13-17-10-6-9-16-8-3-4-11-18(16)17/h3-4,6,8-11,14-15,19H,5,7,12-13H2,1-2H3,(H,21,22)/t14-,15-,19+/m1/s1. The first-order valence-electron chi connectivity index (χ1n) is 8.41. The molecule has 3 rings (SSSR count). The van der Waals surface area contributed by atoms with Gasteiger partial charge in [0.15, 0.2) is 0 Å². The average Bonchev–Trinajstić information content (AvgIpc) is 2.52. The third-order valence-corrected chi connectivity index (χ3v) is 5.28. The SMILES string of the molecule is C[C@@H]1[C@H](C)CCC[C@@H]1NC(=O)Cc1cccc2ccccc12. The second-order valence-corrected chi connectivity index (χ2v) is 6.76. The normalized spacial score (nSPS) is 25.1. The molecule has 1 saturated carbocycles. The minimum Gasteiger partial charge on any atom is -0.353 e. The van der Waals surface area contributed by atoms with Gasteiger partial charge in [-0.2, -0.15) is 0 Å². The van der Waals surface area contributed by atoms with Crippen LogP contribution in [0, 0.1) is 11.8 Å². The number of carbonyl (C=O) groups is 1. The van der Waals surface area contributed by atoms with Crippen LogP contribution in [0.2, 0.25) is 0 Å². The molecule has 3 atom stereocenters. The van der Waals surface area contributed by atoms with Crippen LogP contribution in [0.15, 0.2) is 42.5 Å². The van der Waals surface area contributed by atoms with E-state index in [9.17, 15) is 4.79 Å². The molecule has 1 aliphatic rings. The molecule has 0 spiro atoms. The van der Waals surface area contributed by atoms with Crippen molar-refractivity contribution < 1.29 is 4.79 Å². The van der Waals surface area contributed by atoms with E-state index in [-0.39, 0.29) is 5.91 Å². The second kappa shape index (κ2) is 6.51. The smallest absolute Gasteiger partial charge is 0.224 e. The maximum Gasteiger partial charge on any atom is 0.224 e. The van der Waals surface area contributed by atoms with E-state index in [1.54, 1.807) is 0 Å². The van der Waals surface area contributed by atoms with Crippen LogP contribution in [0.25, 0.3) is 10.8 Å². The third kappa shape index (κ3) is 3.16. The van der Waals surface area contributed by atoms with Gasteiger partial charge in [-0.1, -0.05) is 69.2 Å². The average molecular weight is 295 g/mol. The zero-order valence-corrected chi connectivity index (χ0v) is 13.5. The molecule has 0 heterocycles. The Bertz CT molecular complexity index is 658. The molecule has 1 fully saturated rings. The molecular weight excluding hydrogens is 270 g/mol. The highest BCUT2D eigenvalue weighted by Crippen LogP contribution is 2.29. The lowest BCUT2D eigenvalue weighted by molar-refractivity contribution is -0.121. The predicted octanol–water partition coefficient (Wildman–Crippen LogP) is 4.32. The molecular formula is C20H25NO. The van der Waals surface area contributed by atoms with Gasteiger partial charge in [-0.3, -0.25) is 4.79 Å². The van der Waals surface area contributed by atoms with Crippen molar-refractivity contribution in [1.29, 1.82) is 0 Å². The highest BCUT2D eigenvalue weighted by atomic mass is 16.1. The number of carbonyl (C=O) groups excluding carboxylic acids is 1. The summed E-state index contributed by atoms with van der Waals surface area (Å²) in [5, 5.41) is 5.66. The molecule has 116 valence electrons. The first-order valence-corrected chi connectivity index (χ1v) is 8.41. The summed E-state index contributed by atoms with van der Waals surface area (Å²) < 4.78 is 0. The van der Waals surface area contributed by atoms with Gasteiger partial charge in [0.2, 0.25) is 5.91 Å². The lowest BCUT2D eigenvalue weighted by atomic mass is 9.78. The summed E-state index contributed by atoms with van der Waals surface area (Å²) >= 11 is 0. The summed E-state index contributed by atoms with van der Waals surface area (Å²) in [6, 6.07) is 14.8. The quantitative estimate of drug-likeness (QED) is 0.897. The fourth-order valence-electron chi connectivity index (χ4n) is 3.66. The summed E-state index contributed by atoms with van der Waals surface area (Å²) in [6.07, 6.45) is 4.10. The van der Waals surface area contributed by atoms with Crippen molar-refractivity contribution in [2.75, 3.05) is 0 Å². The summed E-state index contributed by atoms with van der Waals surface area (Å²) in [5.74, 6) is 1.43. The first-order chi connectivity index (χ1) is 10.6. The summed E-state index contributed by atoms with van der Waals surface area (Å²) in [5.41, 5.74) is 1.12. The number of benzene rings is 2. The van der Waals surface area contributed by atoms with Crippen LogP contribution in [-0.2, 0) is 11.2 Å². The van der Waals surface area contributed by atoms with Crippen LogP contribution in [0.1, 0.15) is 38.7 Å². The largest absolute Gasteiger partial charge is 0.353 e.